The molecule has 0 atom stereocenters. The van der Waals surface area contributed by atoms with E-state index in [1.165, 1.54) is 50.0 Å². The maximum atomic E-state index is 3.44. The minimum Gasteiger partial charge on any atom is -0.317 e. The van der Waals surface area contributed by atoms with Crippen molar-refractivity contribution in [3.8, 4) is 0 Å². The van der Waals surface area contributed by atoms with Crippen LogP contribution in [0.15, 0.2) is 24.3 Å². The molecule has 0 aliphatic carbocycles. The molecule has 2 rings (SSSR count). The van der Waals surface area contributed by atoms with Crippen LogP contribution in [0.5, 0.6) is 0 Å². The van der Waals surface area contributed by atoms with Crippen molar-refractivity contribution < 1.29 is 0 Å². The second-order valence-corrected chi connectivity index (χ2v) is 5.85. The van der Waals surface area contributed by atoms with Crippen LogP contribution in [0.1, 0.15) is 37.3 Å². The zero-order valence-corrected chi connectivity index (χ0v) is 12.5. The highest BCUT2D eigenvalue weighted by Crippen LogP contribution is 2.21. The van der Waals surface area contributed by atoms with E-state index in [0.717, 1.165) is 19.0 Å². The Balaban J connectivity index is 1.71. The van der Waals surface area contributed by atoms with E-state index in [2.05, 4.69) is 48.3 Å². The Hall–Kier alpha value is -0.860. The number of likely N-dealkylation sites (tertiary alicyclic amines) is 1. The van der Waals surface area contributed by atoms with Gasteiger partial charge in [-0.1, -0.05) is 36.8 Å². The van der Waals surface area contributed by atoms with Crippen molar-refractivity contribution in [3.63, 3.8) is 0 Å². The first kappa shape index (κ1) is 14.5. The van der Waals surface area contributed by atoms with E-state index >= 15 is 0 Å². The third-order valence-corrected chi connectivity index (χ3v) is 4.18. The van der Waals surface area contributed by atoms with Crippen molar-refractivity contribution in [2.24, 2.45) is 5.92 Å². The second-order valence-electron chi connectivity index (χ2n) is 5.85. The van der Waals surface area contributed by atoms with E-state index in [1.54, 1.807) is 0 Å². The van der Waals surface area contributed by atoms with Gasteiger partial charge < -0.3 is 5.32 Å². The van der Waals surface area contributed by atoms with E-state index in [0.29, 0.717) is 0 Å². The zero-order valence-electron chi connectivity index (χ0n) is 12.5. The molecular formula is C17H28N2. The Labute approximate surface area is 118 Å². The summed E-state index contributed by atoms with van der Waals surface area (Å²) in [6, 6.07) is 8.92. The summed E-state index contributed by atoms with van der Waals surface area (Å²) in [6.45, 7) is 10.3. The summed E-state index contributed by atoms with van der Waals surface area (Å²) in [4.78, 5) is 2.61. The molecule has 1 saturated heterocycles. The molecule has 0 radical (unpaired) electrons. The number of nitrogens with zero attached hydrogens (tertiary/aromatic N) is 1. The fraction of sp³-hybridized carbons (Fsp3) is 0.647. The Morgan fingerprint density at radius 2 is 2.05 bits per heavy atom. The molecule has 1 fully saturated rings. The van der Waals surface area contributed by atoms with E-state index in [1.807, 2.05) is 0 Å². The minimum atomic E-state index is 0.938. The van der Waals surface area contributed by atoms with Gasteiger partial charge in [0.1, 0.15) is 0 Å². The van der Waals surface area contributed by atoms with Crippen LogP contribution >= 0.6 is 0 Å². The van der Waals surface area contributed by atoms with E-state index in [9.17, 15) is 0 Å². The molecule has 1 aromatic rings. The molecule has 2 nitrogen and oxygen atoms in total. The molecule has 1 aromatic carbocycles. The van der Waals surface area contributed by atoms with Crippen molar-refractivity contribution in [3.05, 3.63) is 35.4 Å². The number of piperidine rings is 1. The van der Waals surface area contributed by atoms with Gasteiger partial charge >= 0.3 is 0 Å². The van der Waals surface area contributed by atoms with Gasteiger partial charge in [-0.05, 0) is 63.8 Å². The highest BCUT2D eigenvalue weighted by atomic mass is 15.1. The van der Waals surface area contributed by atoms with Crippen LogP contribution in [0.25, 0.3) is 0 Å². The van der Waals surface area contributed by atoms with Crippen LogP contribution < -0.4 is 5.32 Å². The van der Waals surface area contributed by atoms with Crippen LogP contribution in [0.3, 0.4) is 0 Å². The molecule has 1 aliphatic heterocycles. The first-order valence-electron chi connectivity index (χ1n) is 7.76. The SMILES string of the molecule is CCNCCC1CCN(Cc2cccc(C)c2)CC1. The number of rotatable bonds is 6. The van der Waals surface area contributed by atoms with Crippen molar-refractivity contribution in [1.82, 2.24) is 10.2 Å². The molecule has 1 heterocycles. The molecule has 106 valence electrons. The van der Waals surface area contributed by atoms with Gasteiger partial charge in [-0.25, -0.2) is 0 Å². The summed E-state index contributed by atoms with van der Waals surface area (Å²) in [5.74, 6) is 0.938. The third-order valence-electron chi connectivity index (χ3n) is 4.18. The van der Waals surface area contributed by atoms with Crippen molar-refractivity contribution in [2.75, 3.05) is 26.2 Å². The van der Waals surface area contributed by atoms with Gasteiger partial charge in [0.15, 0.2) is 0 Å². The molecule has 0 aromatic heterocycles. The molecule has 0 saturated carbocycles. The van der Waals surface area contributed by atoms with Crippen molar-refractivity contribution >= 4 is 0 Å². The second kappa shape index (κ2) is 7.66. The summed E-state index contributed by atoms with van der Waals surface area (Å²) in [6.07, 6.45) is 4.10. The number of nitrogens with one attached hydrogen (secondary N) is 1. The Morgan fingerprint density at radius 1 is 1.26 bits per heavy atom. The first-order valence-corrected chi connectivity index (χ1v) is 7.76. The number of benzene rings is 1. The quantitative estimate of drug-likeness (QED) is 0.790. The lowest BCUT2D eigenvalue weighted by Crippen LogP contribution is -2.34. The summed E-state index contributed by atoms with van der Waals surface area (Å²) < 4.78 is 0. The molecule has 0 amide bonds. The average molecular weight is 260 g/mol. The zero-order chi connectivity index (χ0) is 13.5. The minimum absolute atomic E-state index is 0.938. The smallest absolute Gasteiger partial charge is 0.0233 e. The van der Waals surface area contributed by atoms with Crippen molar-refractivity contribution in [2.45, 2.75) is 39.7 Å². The monoisotopic (exact) mass is 260 g/mol. The van der Waals surface area contributed by atoms with E-state index in [4.69, 9.17) is 0 Å². The van der Waals surface area contributed by atoms with Gasteiger partial charge in [0.25, 0.3) is 0 Å². The van der Waals surface area contributed by atoms with Gasteiger partial charge in [0, 0.05) is 6.54 Å². The Kier molecular flexibility index (Phi) is 5.87. The lowest BCUT2D eigenvalue weighted by atomic mass is 9.93. The summed E-state index contributed by atoms with van der Waals surface area (Å²) in [5.41, 5.74) is 2.84. The molecule has 0 bridgehead atoms. The highest BCUT2D eigenvalue weighted by molar-refractivity contribution is 5.22. The molecule has 19 heavy (non-hydrogen) atoms. The maximum absolute atomic E-state index is 3.44. The summed E-state index contributed by atoms with van der Waals surface area (Å²) >= 11 is 0. The first-order chi connectivity index (χ1) is 9.28. The molecule has 1 N–H and O–H groups in total. The number of hydrogen-bond acceptors (Lipinski definition) is 2. The molecule has 0 spiro atoms. The van der Waals surface area contributed by atoms with Crippen LogP contribution in [0.4, 0.5) is 0 Å². The maximum Gasteiger partial charge on any atom is 0.0233 e. The van der Waals surface area contributed by atoms with Crippen LogP contribution in [-0.2, 0) is 6.54 Å². The third kappa shape index (κ3) is 4.96. The predicted molar refractivity (Wildman–Crippen MR) is 82.3 cm³/mol. The predicted octanol–water partition coefficient (Wildman–Crippen LogP) is 3.21. The Bertz CT molecular complexity index is 367. The van der Waals surface area contributed by atoms with Gasteiger partial charge in [-0.3, -0.25) is 4.90 Å². The average Bonchev–Trinajstić information content (AvgIpc) is 2.41. The largest absolute Gasteiger partial charge is 0.317 e. The molecule has 2 heteroatoms. The van der Waals surface area contributed by atoms with Gasteiger partial charge in [-0.2, -0.15) is 0 Å². The lowest BCUT2D eigenvalue weighted by molar-refractivity contribution is 0.172. The lowest BCUT2D eigenvalue weighted by Gasteiger charge is -2.32. The van der Waals surface area contributed by atoms with Crippen LogP contribution in [0.2, 0.25) is 0 Å². The molecule has 1 aliphatic rings. The van der Waals surface area contributed by atoms with Gasteiger partial charge in [0.2, 0.25) is 0 Å². The standard InChI is InChI=1S/C17H28N2/c1-3-18-10-7-16-8-11-19(12-9-16)14-17-6-4-5-15(2)13-17/h4-6,13,16,18H,3,7-12,14H2,1-2H3. The fourth-order valence-corrected chi connectivity index (χ4v) is 2.98. The summed E-state index contributed by atoms with van der Waals surface area (Å²) in [5, 5.41) is 3.44. The van der Waals surface area contributed by atoms with Gasteiger partial charge in [0.05, 0.1) is 0 Å². The van der Waals surface area contributed by atoms with Gasteiger partial charge in [-0.15, -0.1) is 0 Å². The molecule has 0 unspecified atom stereocenters. The Morgan fingerprint density at radius 3 is 2.74 bits per heavy atom. The highest BCUT2D eigenvalue weighted by Gasteiger charge is 2.18. The van der Waals surface area contributed by atoms with Crippen LogP contribution in [0, 0.1) is 12.8 Å². The van der Waals surface area contributed by atoms with Crippen LogP contribution in [-0.4, -0.2) is 31.1 Å². The fourth-order valence-electron chi connectivity index (χ4n) is 2.98. The van der Waals surface area contributed by atoms with E-state index < -0.39 is 0 Å². The van der Waals surface area contributed by atoms with Crippen molar-refractivity contribution in [1.29, 1.82) is 0 Å². The number of aryl methyl sites for hydroxylation is 1. The van der Waals surface area contributed by atoms with E-state index in [-0.39, 0.29) is 0 Å². The molecular weight excluding hydrogens is 232 g/mol. The topological polar surface area (TPSA) is 15.3 Å². The number of hydrogen-bond donors (Lipinski definition) is 1. The summed E-state index contributed by atoms with van der Waals surface area (Å²) in [7, 11) is 0. The normalized spacial score (nSPS) is 17.8.